The first-order valence-corrected chi connectivity index (χ1v) is 10.2. The van der Waals surface area contributed by atoms with Gasteiger partial charge in [-0.2, -0.15) is 4.31 Å². The van der Waals surface area contributed by atoms with Crippen LogP contribution in [0.15, 0.2) is 48.5 Å². The molecular formula is C18H20FN3O4S. The molecule has 0 aliphatic carbocycles. The Hall–Kier alpha value is -2.52. The molecule has 144 valence electrons. The fraction of sp³-hybridized carbons (Fsp3) is 0.333. The molecule has 7 nitrogen and oxygen atoms in total. The number of aryl methyl sites for hydroxylation is 1. The first kappa shape index (κ1) is 19.2. The van der Waals surface area contributed by atoms with Crippen molar-refractivity contribution in [1.82, 2.24) is 4.31 Å². The Bertz CT molecular complexity index is 910. The van der Waals surface area contributed by atoms with Crippen molar-refractivity contribution in [1.29, 1.82) is 0 Å². The number of benzene rings is 2. The van der Waals surface area contributed by atoms with E-state index in [1.807, 2.05) is 4.90 Å². The van der Waals surface area contributed by atoms with E-state index in [0.29, 0.717) is 31.7 Å². The molecule has 2 aromatic carbocycles. The molecule has 1 fully saturated rings. The number of halogens is 1. The molecule has 0 bridgehead atoms. The average molecular weight is 393 g/mol. The van der Waals surface area contributed by atoms with Crippen molar-refractivity contribution in [2.24, 2.45) is 0 Å². The largest absolute Gasteiger partial charge is 0.369 e. The van der Waals surface area contributed by atoms with E-state index in [9.17, 15) is 22.9 Å². The molecule has 0 saturated carbocycles. The number of sulfonamides is 1. The van der Waals surface area contributed by atoms with Crippen molar-refractivity contribution >= 4 is 21.4 Å². The van der Waals surface area contributed by atoms with E-state index in [0.717, 1.165) is 5.69 Å². The minimum absolute atomic E-state index is 0.0214. The third-order valence-electron chi connectivity index (χ3n) is 4.64. The van der Waals surface area contributed by atoms with Crippen LogP contribution in [0, 0.1) is 15.9 Å². The second-order valence-corrected chi connectivity index (χ2v) is 8.41. The molecule has 1 heterocycles. The number of hydrogen-bond donors (Lipinski definition) is 0. The highest BCUT2D eigenvalue weighted by molar-refractivity contribution is 7.89. The molecule has 3 rings (SSSR count). The lowest BCUT2D eigenvalue weighted by molar-refractivity contribution is -0.384. The molecule has 0 spiro atoms. The van der Waals surface area contributed by atoms with Crippen LogP contribution in [0.2, 0.25) is 0 Å². The molecule has 1 saturated heterocycles. The standard InChI is InChI=1S/C18H20FN3O4S/c19-18-4-2-1-3-15(18)9-14-27(25,26)21-12-10-20(11-13-21)16-5-7-17(8-6-16)22(23)24/h1-8H,9-14H2. The van der Waals surface area contributed by atoms with Crippen molar-refractivity contribution in [3.63, 3.8) is 0 Å². The smallest absolute Gasteiger partial charge is 0.269 e. The van der Waals surface area contributed by atoms with Crippen molar-refractivity contribution in [3.8, 4) is 0 Å². The van der Waals surface area contributed by atoms with Gasteiger partial charge in [0.15, 0.2) is 0 Å². The van der Waals surface area contributed by atoms with Crippen LogP contribution in [0.5, 0.6) is 0 Å². The highest BCUT2D eigenvalue weighted by atomic mass is 32.2. The lowest BCUT2D eigenvalue weighted by Crippen LogP contribution is -2.49. The van der Waals surface area contributed by atoms with Crippen LogP contribution in [0.25, 0.3) is 0 Å². The first-order valence-electron chi connectivity index (χ1n) is 8.57. The lowest BCUT2D eigenvalue weighted by Gasteiger charge is -2.35. The fourth-order valence-corrected chi connectivity index (χ4v) is 4.53. The molecule has 9 heteroatoms. The first-order chi connectivity index (χ1) is 12.9. The number of anilines is 1. The van der Waals surface area contributed by atoms with Gasteiger partial charge in [-0.1, -0.05) is 18.2 Å². The highest BCUT2D eigenvalue weighted by Gasteiger charge is 2.27. The Balaban J connectivity index is 1.57. The minimum atomic E-state index is -3.47. The van der Waals surface area contributed by atoms with Gasteiger partial charge in [0.25, 0.3) is 5.69 Å². The van der Waals surface area contributed by atoms with Gasteiger partial charge < -0.3 is 4.90 Å². The monoisotopic (exact) mass is 393 g/mol. The summed E-state index contributed by atoms with van der Waals surface area (Å²) in [6.07, 6.45) is 0.136. The Morgan fingerprint density at radius 3 is 2.22 bits per heavy atom. The van der Waals surface area contributed by atoms with Crippen LogP contribution in [-0.2, 0) is 16.4 Å². The van der Waals surface area contributed by atoms with Crippen LogP contribution in [-0.4, -0.2) is 49.6 Å². The van der Waals surface area contributed by atoms with E-state index in [-0.39, 0.29) is 17.9 Å². The van der Waals surface area contributed by atoms with E-state index in [1.165, 1.54) is 22.5 Å². The summed E-state index contributed by atoms with van der Waals surface area (Å²) in [5.41, 5.74) is 1.24. The Kier molecular flexibility index (Phi) is 5.71. The Morgan fingerprint density at radius 1 is 1.00 bits per heavy atom. The summed E-state index contributed by atoms with van der Waals surface area (Å²) < 4.78 is 40.2. The maximum atomic E-state index is 13.7. The van der Waals surface area contributed by atoms with Crippen LogP contribution < -0.4 is 4.90 Å². The Morgan fingerprint density at radius 2 is 1.63 bits per heavy atom. The molecule has 0 amide bonds. The van der Waals surface area contributed by atoms with Crippen LogP contribution in [0.4, 0.5) is 15.8 Å². The molecule has 0 radical (unpaired) electrons. The third kappa shape index (κ3) is 4.61. The predicted molar refractivity (Wildman–Crippen MR) is 101 cm³/mol. The summed E-state index contributed by atoms with van der Waals surface area (Å²) in [6.45, 7) is 1.65. The second kappa shape index (κ2) is 8.01. The van der Waals surface area contributed by atoms with Crippen LogP contribution in [0.3, 0.4) is 0 Å². The normalized spacial score (nSPS) is 15.7. The SMILES string of the molecule is O=[N+]([O-])c1ccc(N2CCN(S(=O)(=O)CCc3ccccc3F)CC2)cc1. The van der Waals surface area contributed by atoms with Gasteiger partial charge in [-0.3, -0.25) is 10.1 Å². The molecule has 0 N–H and O–H groups in total. The average Bonchev–Trinajstić information content (AvgIpc) is 2.67. The van der Waals surface area contributed by atoms with E-state index in [1.54, 1.807) is 30.3 Å². The molecule has 1 aliphatic rings. The summed E-state index contributed by atoms with van der Waals surface area (Å²) in [7, 11) is -3.47. The van der Waals surface area contributed by atoms with E-state index in [4.69, 9.17) is 0 Å². The highest BCUT2D eigenvalue weighted by Crippen LogP contribution is 2.21. The fourth-order valence-electron chi connectivity index (χ4n) is 3.08. The summed E-state index contributed by atoms with van der Waals surface area (Å²) in [5.74, 6) is -0.526. The van der Waals surface area contributed by atoms with Gasteiger partial charge in [0, 0.05) is 44.0 Å². The second-order valence-electron chi connectivity index (χ2n) is 6.32. The van der Waals surface area contributed by atoms with Gasteiger partial charge in [0.05, 0.1) is 10.7 Å². The summed E-state index contributed by atoms with van der Waals surface area (Å²) in [4.78, 5) is 12.3. The van der Waals surface area contributed by atoms with Crippen molar-refractivity contribution in [2.75, 3.05) is 36.8 Å². The number of nitro groups is 1. The summed E-state index contributed by atoms with van der Waals surface area (Å²) >= 11 is 0. The minimum Gasteiger partial charge on any atom is -0.369 e. The third-order valence-corrected chi connectivity index (χ3v) is 6.52. The molecule has 2 aromatic rings. The number of nitro benzene ring substituents is 1. The zero-order chi connectivity index (χ0) is 19.4. The number of non-ortho nitro benzene ring substituents is 1. The molecule has 0 atom stereocenters. The van der Waals surface area contributed by atoms with Crippen molar-refractivity contribution in [3.05, 3.63) is 70.0 Å². The van der Waals surface area contributed by atoms with E-state index < -0.39 is 20.8 Å². The molecule has 0 unspecified atom stereocenters. The van der Waals surface area contributed by atoms with Crippen LogP contribution >= 0.6 is 0 Å². The maximum absolute atomic E-state index is 13.7. The molecule has 27 heavy (non-hydrogen) atoms. The quantitative estimate of drug-likeness (QED) is 0.556. The van der Waals surface area contributed by atoms with Gasteiger partial charge in [0.1, 0.15) is 5.82 Å². The van der Waals surface area contributed by atoms with Gasteiger partial charge in [-0.05, 0) is 30.2 Å². The molecule has 0 aromatic heterocycles. The van der Waals surface area contributed by atoms with Crippen LogP contribution in [0.1, 0.15) is 5.56 Å². The number of piperazine rings is 1. The molecule has 1 aliphatic heterocycles. The maximum Gasteiger partial charge on any atom is 0.269 e. The van der Waals surface area contributed by atoms with E-state index in [2.05, 4.69) is 0 Å². The summed E-state index contributed by atoms with van der Waals surface area (Å²) in [5, 5.41) is 10.7. The van der Waals surface area contributed by atoms with E-state index >= 15 is 0 Å². The topological polar surface area (TPSA) is 83.8 Å². The lowest BCUT2D eigenvalue weighted by atomic mass is 10.2. The van der Waals surface area contributed by atoms with Gasteiger partial charge in [0.2, 0.25) is 10.0 Å². The van der Waals surface area contributed by atoms with Gasteiger partial charge in [-0.25, -0.2) is 12.8 Å². The van der Waals surface area contributed by atoms with Gasteiger partial charge in [-0.15, -0.1) is 0 Å². The van der Waals surface area contributed by atoms with Gasteiger partial charge >= 0.3 is 0 Å². The van der Waals surface area contributed by atoms with Crippen molar-refractivity contribution < 1.29 is 17.7 Å². The molecular weight excluding hydrogens is 373 g/mol. The zero-order valence-corrected chi connectivity index (χ0v) is 15.4. The summed E-state index contributed by atoms with van der Waals surface area (Å²) in [6, 6.07) is 12.4. The zero-order valence-electron chi connectivity index (χ0n) is 14.6. The number of hydrogen-bond acceptors (Lipinski definition) is 5. The number of rotatable bonds is 6. The number of nitrogens with zero attached hydrogens (tertiary/aromatic N) is 3. The Labute approximate surface area is 157 Å². The van der Waals surface area contributed by atoms with Crippen molar-refractivity contribution in [2.45, 2.75) is 6.42 Å². The predicted octanol–water partition coefficient (Wildman–Crippen LogP) is 2.43.